The molecule has 0 radical (unpaired) electrons. The lowest BCUT2D eigenvalue weighted by Crippen LogP contribution is -2.27. The van der Waals surface area contributed by atoms with Crippen molar-refractivity contribution in [3.63, 3.8) is 0 Å². The summed E-state index contributed by atoms with van der Waals surface area (Å²) in [4.78, 5) is 16.2. The van der Waals surface area contributed by atoms with Crippen molar-refractivity contribution in [2.75, 3.05) is 6.54 Å². The highest BCUT2D eigenvalue weighted by Gasteiger charge is 2.08. The van der Waals surface area contributed by atoms with Crippen LogP contribution in [0.25, 0.3) is 11.1 Å². The van der Waals surface area contributed by atoms with E-state index in [1.165, 1.54) is 6.07 Å². The third-order valence-electron chi connectivity index (χ3n) is 3.60. The number of aryl methyl sites for hydroxylation is 1. The summed E-state index contributed by atoms with van der Waals surface area (Å²) in [7, 11) is 0. The molecule has 0 saturated carbocycles. The number of oxazole rings is 1. The number of rotatable bonds is 5. The van der Waals surface area contributed by atoms with Crippen LogP contribution in [0, 0.1) is 12.7 Å². The fourth-order valence-corrected chi connectivity index (χ4v) is 2.48. The fraction of sp³-hybridized carbons (Fsp3) is 0.222. The first-order valence-corrected chi connectivity index (χ1v) is 7.48. The molecule has 1 heterocycles. The third-order valence-corrected chi connectivity index (χ3v) is 3.60. The molecule has 1 amide bonds. The minimum absolute atomic E-state index is 0.100. The molecule has 3 rings (SSSR count). The van der Waals surface area contributed by atoms with Gasteiger partial charge in [0.2, 0.25) is 5.91 Å². The Labute approximate surface area is 133 Å². The molecule has 1 N–H and O–H groups in total. The molecular weight excluding hydrogens is 295 g/mol. The predicted octanol–water partition coefficient (Wildman–Crippen LogP) is 3.18. The molecule has 0 spiro atoms. The second kappa shape index (κ2) is 6.60. The lowest BCUT2D eigenvalue weighted by molar-refractivity contribution is -0.120. The Morgan fingerprint density at radius 3 is 2.91 bits per heavy atom. The normalized spacial score (nSPS) is 10.9. The van der Waals surface area contributed by atoms with E-state index < -0.39 is 0 Å². The number of benzene rings is 2. The summed E-state index contributed by atoms with van der Waals surface area (Å²) in [5.41, 5.74) is 2.92. The Kier molecular flexibility index (Phi) is 4.37. The predicted molar refractivity (Wildman–Crippen MR) is 85.6 cm³/mol. The number of aromatic nitrogens is 1. The molecule has 2 aromatic carbocycles. The van der Waals surface area contributed by atoms with E-state index in [1.807, 2.05) is 18.2 Å². The molecule has 23 heavy (non-hydrogen) atoms. The van der Waals surface area contributed by atoms with Crippen molar-refractivity contribution < 1.29 is 13.6 Å². The van der Waals surface area contributed by atoms with Gasteiger partial charge in [-0.2, -0.15) is 0 Å². The summed E-state index contributed by atoms with van der Waals surface area (Å²) >= 11 is 0. The van der Waals surface area contributed by atoms with Crippen molar-refractivity contribution >= 4 is 17.0 Å². The number of nitrogens with zero attached hydrogens (tertiary/aromatic N) is 1. The van der Waals surface area contributed by atoms with E-state index in [0.29, 0.717) is 30.0 Å². The topological polar surface area (TPSA) is 55.1 Å². The van der Waals surface area contributed by atoms with Crippen molar-refractivity contribution in [3.05, 3.63) is 65.3 Å². The zero-order valence-electron chi connectivity index (χ0n) is 12.8. The van der Waals surface area contributed by atoms with E-state index in [9.17, 15) is 9.18 Å². The molecule has 1 aromatic heterocycles. The summed E-state index contributed by atoms with van der Waals surface area (Å²) in [6, 6.07) is 12.1. The van der Waals surface area contributed by atoms with Crippen LogP contribution >= 0.6 is 0 Å². The zero-order chi connectivity index (χ0) is 16.2. The van der Waals surface area contributed by atoms with Gasteiger partial charge in [-0.15, -0.1) is 0 Å². The summed E-state index contributed by atoms with van der Waals surface area (Å²) < 4.78 is 18.9. The lowest BCUT2D eigenvalue weighted by Gasteiger charge is -2.06. The SMILES string of the molecule is Cc1nc2ccc(CC(=O)NCCc3ccccc3F)cc2o1. The van der Waals surface area contributed by atoms with Gasteiger partial charge in [0.15, 0.2) is 11.5 Å². The second-order valence-corrected chi connectivity index (χ2v) is 5.40. The Morgan fingerprint density at radius 1 is 1.26 bits per heavy atom. The molecule has 0 saturated heterocycles. The Morgan fingerprint density at radius 2 is 2.09 bits per heavy atom. The molecule has 3 aromatic rings. The zero-order valence-corrected chi connectivity index (χ0v) is 12.8. The van der Waals surface area contributed by atoms with E-state index >= 15 is 0 Å². The number of nitrogens with one attached hydrogen (secondary N) is 1. The van der Waals surface area contributed by atoms with Gasteiger partial charge in [0.05, 0.1) is 6.42 Å². The van der Waals surface area contributed by atoms with Crippen LogP contribution < -0.4 is 5.32 Å². The van der Waals surface area contributed by atoms with Gasteiger partial charge in [0, 0.05) is 13.5 Å². The highest BCUT2D eigenvalue weighted by molar-refractivity contribution is 5.81. The number of fused-ring (bicyclic) bond motifs is 1. The van der Waals surface area contributed by atoms with E-state index in [4.69, 9.17) is 4.42 Å². The highest BCUT2D eigenvalue weighted by Crippen LogP contribution is 2.17. The van der Waals surface area contributed by atoms with Crippen LogP contribution in [-0.4, -0.2) is 17.4 Å². The van der Waals surface area contributed by atoms with E-state index in [2.05, 4.69) is 10.3 Å². The highest BCUT2D eigenvalue weighted by atomic mass is 19.1. The van der Waals surface area contributed by atoms with Gasteiger partial charge in [-0.05, 0) is 35.7 Å². The van der Waals surface area contributed by atoms with Crippen LogP contribution in [0.2, 0.25) is 0 Å². The summed E-state index contributed by atoms with van der Waals surface area (Å²) in [6.07, 6.45) is 0.728. The maximum atomic E-state index is 13.5. The number of carbonyl (C=O) groups is 1. The fourth-order valence-electron chi connectivity index (χ4n) is 2.48. The monoisotopic (exact) mass is 312 g/mol. The van der Waals surface area contributed by atoms with Gasteiger partial charge >= 0.3 is 0 Å². The van der Waals surface area contributed by atoms with Crippen molar-refractivity contribution in [1.82, 2.24) is 10.3 Å². The third kappa shape index (κ3) is 3.74. The van der Waals surface area contributed by atoms with Crippen LogP contribution in [-0.2, 0) is 17.6 Å². The Bertz CT molecular complexity index is 842. The maximum Gasteiger partial charge on any atom is 0.224 e. The number of hydrogen-bond acceptors (Lipinski definition) is 3. The molecule has 5 heteroatoms. The van der Waals surface area contributed by atoms with Crippen LogP contribution in [0.4, 0.5) is 4.39 Å². The van der Waals surface area contributed by atoms with E-state index in [1.54, 1.807) is 25.1 Å². The minimum Gasteiger partial charge on any atom is -0.441 e. The molecular formula is C18H17FN2O2. The minimum atomic E-state index is -0.243. The number of hydrogen-bond donors (Lipinski definition) is 1. The Balaban J connectivity index is 1.55. The average molecular weight is 312 g/mol. The molecule has 0 aliphatic heterocycles. The van der Waals surface area contributed by atoms with Crippen molar-refractivity contribution in [1.29, 1.82) is 0 Å². The summed E-state index contributed by atoms with van der Waals surface area (Å²) in [6.45, 7) is 2.19. The summed E-state index contributed by atoms with van der Waals surface area (Å²) in [5, 5.41) is 2.81. The number of amides is 1. The quantitative estimate of drug-likeness (QED) is 0.787. The molecule has 0 aliphatic rings. The van der Waals surface area contributed by atoms with Gasteiger partial charge in [-0.3, -0.25) is 4.79 Å². The van der Waals surface area contributed by atoms with Crippen LogP contribution in [0.15, 0.2) is 46.9 Å². The van der Waals surface area contributed by atoms with E-state index in [-0.39, 0.29) is 18.1 Å². The molecule has 0 atom stereocenters. The molecule has 0 bridgehead atoms. The van der Waals surface area contributed by atoms with Crippen LogP contribution in [0.3, 0.4) is 0 Å². The van der Waals surface area contributed by atoms with Gasteiger partial charge in [-0.25, -0.2) is 9.37 Å². The molecule has 0 fully saturated rings. The van der Waals surface area contributed by atoms with Crippen LogP contribution in [0.5, 0.6) is 0 Å². The van der Waals surface area contributed by atoms with Gasteiger partial charge in [-0.1, -0.05) is 24.3 Å². The molecule has 4 nitrogen and oxygen atoms in total. The molecule has 0 aliphatic carbocycles. The van der Waals surface area contributed by atoms with E-state index in [0.717, 1.165) is 11.1 Å². The molecule has 0 unspecified atom stereocenters. The smallest absolute Gasteiger partial charge is 0.224 e. The first kappa shape index (κ1) is 15.2. The largest absolute Gasteiger partial charge is 0.441 e. The average Bonchev–Trinajstić information content (AvgIpc) is 2.88. The standard InChI is InChI=1S/C18H17FN2O2/c1-12-21-16-7-6-13(10-17(16)23-12)11-18(22)20-9-8-14-4-2-3-5-15(14)19/h2-7,10H,8-9,11H2,1H3,(H,20,22). The first-order chi connectivity index (χ1) is 11.1. The van der Waals surface area contributed by atoms with Crippen molar-refractivity contribution in [2.45, 2.75) is 19.8 Å². The van der Waals surface area contributed by atoms with Gasteiger partial charge < -0.3 is 9.73 Å². The van der Waals surface area contributed by atoms with Crippen molar-refractivity contribution in [3.8, 4) is 0 Å². The first-order valence-electron chi connectivity index (χ1n) is 7.48. The maximum absolute atomic E-state index is 13.5. The summed E-state index contributed by atoms with van der Waals surface area (Å²) in [5.74, 6) is 0.260. The van der Waals surface area contributed by atoms with Gasteiger partial charge in [0.25, 0.3) is 0 Å². The second-order valence-electron chi connectivity index (χ2n) is 5.40. The van der Waals surface area contributed by atoms with Crippen LogP contribution in [0.1, 0.15) is 17.0 Å². The Hall–Kier alpha value is -2.69. The van der Waals surface area contributed by atoms with Gasteiger partial charge in [0.1, 0.15) is 11.3 Å². The number of halogens is 1. The van der Waals surface area contributed by atoms with Crippen molar-refractivity contribution in [2.24, 2.45) is 0 Å². The molecule has 118 valence electrons. The lowest BCUT2D eigenvalue weighted by atomic mass is 10.1. The number of carbonyl (C=O) groups excluding carboxylic acids is 1.